The first-order valence-electron chi connectivity index (χ1n) is 5.55. The fourth-order valence-electron chi connectivity index (χ4n) is 1.62. The summed E-state index contributed by atoms with van der Waals surface area (Å²) in [6, 6.07) is 7.82. The van der Waals surface area contributed by atoms with Crippen molar-refractivity contribution in [2.24, 2.45) is 0 Å². The molecule has 0 aliphatic heterocycles. The van der Waals surface area contributed by atoms with E-state index in [-0.39, 0.29) is 6.61 Å². The molecule has 0 saturated carbocycles. The summed E-state index contributed by atoms with van der Waals surface area (Å²) in [5.41, 5.74) is 3.09. The largest absolute Gasteiger partial charge is 0.392 e. The molecule has 2 aromatic rings. The zero-order valence-electron chi connectivity index (χ0n) is 9.84. The zero-order chi connectivity index (χ0) is 12.1. The number of hydrogen-bond acceptors (Lipinski definition) is 3. The van der Waals surface area contributed by atoms with Crippen molar-refractivity contribution in [1.29, 1.82) is 0 Å². The Balaban J connectivity index is 2.12. The van der Waals surface area contributed by atoms with Crippen LogP contribution in [0.25, 0.3) is 11.1 Å². The highest BCUT2D eigenvalue weighted by atomic mass is 16.5. The van der Waals surface area contributed by atoms with E-state index in [1.54, 1.807) is 7.11 Å². The first-order chi connectivity index (χ1) is 8.33. The Hall–Kier alpha value is -1.65. The molecular weight excluding hydrogens is 216 g/mol. The Bertz CT molecular complexity index is 463. The van der Waals surface area contributed by atoms with Gasteiger partial charge in [-0.25, -0.2) is 0 Å². The van der Waals surface area contributed by atoms with Crippen LogP contribution in [0.4, 0.5) is 0 Å². The van der Waals surface area contributed by atoms with Crippen molar-refractivity contribution in [3.63, 3.8) is 0 Å². The lowest BCUT2D eigenvalue weighted by Gasteiger charge is -2.00. The number of nitrogens with zero attached hydrogens (tertiary/aromatic N) is 2. The Morgan fingerprint density at radius 2 is 2.00 bits per heavy atom. The molecule has 1 heterocycles. The highest BCUT2D eigenvalue weighted by Gasteiger charge is 2.01. The van der Waals surface area contributed by atoms with Gasteiger partial charge in [0.05, 0.1) is 26.0 Å². The molecule has 1 aromatic carbocycles. The zero-order valence-corrected chi connectivity index (χ0v) is 9.84. The molecule has 0 saturated heterocycles. The van der Waals surface area contributed by atoms with Gasteiger partial charge < -0.3 is 9.84 Å². The molecule has 0 radical (unpaired) electrons. The molecule has 1 aromatic heterocycles. The maximum atomic E-state index is 8.97. The van der Waals surface area contributed by atoms with Gasteiger partial charge in [-0.2, -0.15) is 5.10 Å². The smallest absolute Gasteiger partial charge is 0.0681 e. The minimum absolute atomic E-state index is 0.0768. The lowest BCUT2D eigenvalue weighted by Crippen LogP contribution is -2.03. The Labute approximate surface area is 100 Å². The van der Waals surface area contributed by atoms with Gasteiger partial charge in [0.1, 0.15) is 0 Å². The molecule has 0 atom stereocenters. The Kier molecular flexibility index (Phi) is 3.90. The van der Waals surface area contributed by atoms with Crippen LogP contribution in [0.15, 0.2) is 36.7 Å². The molecule has 0 aliphatic rings. The molecule has 0 unspecified atom stereocenters. The monoisotopic (exact) mass is 232 g/mol. The van der Waals surface area contributed by atoms with Gasteiger partial charge in [0, 0.05) is 18.9 Å². The molecule has 0 bridgehead atoms. The minimum atomic E-state index is 0.0768. The van der Waals surface area contributed by atoms with E-state index < -0.39 is 0 Å². The van der Waals surface area contributed by atoms with Crippen molar-refractivity contribution in [2.75, 3.05) is 13.7 Å². The second-order valence-corrected chi connectivity index (χ2v) is 3.84. The summed E-state index contributed by atoms with van der Waals surface area (Å²) >= 11 is 0. The summed E-state index contributed by atoms with van der Waals surface area (Å²) in [4.78, 5) is 0. The number of aliphatic hydroxyl groups excluding tert-OH is 1. The average Bonchev–Trinajstić information content (AvgIpc) is 2.85. The Morgan fingerprint density at radius 3 is 2.65 bits per heavy atom. The number of methoxy groups -OCH3 is 1. The number of rotatable bonds is 5. The number of aliphatic hydroxyl groups is 1. The van der Waals surface area contributed by atoms with Crippen molar-refractivity contribution in [2.45, 2.75) is 13.2 Å². The highest BCUT2D eigenvalue weighted by Crippen LogP contribution is 2.18. The van der Waals surface area contributed by atoms with Gasteiger partial charge in [-0.05, 0) is 11.1 Å². The van der Waals surface area contributed by atoms with Gasteiger partial charge in [0.15, 0.2) is 0 Å². The van der Waals surface area contributed by atoms with Crippen LogP contribution in [-0.2, 0) is 17.9 Å². The fourth-order valence-corrected chi connectivity index (χ4v) is 1.62. The minimum Gasteiger partial charge on any atom is -0.392 e. The van der Waals surface area contributed by atoms with Crippen LogP contribution in [0.2, 0.25) is 0 Å². The third kappa shape index (κ3) is 2.93. The van der Waals surface area contributed by atoms with Gasteiger partial charge >= 0.3 is 0 Å². The van der Waals surface area contributed by atoms with Crippen molar-refractivity contribution >= 4 is 0 Å². The van der Waals surface area contributed by atoms with E-state index in [1.807, 2.05) is 41.3 Å². The van der Waals surface area contributed by atoms with Crippen molar-refractivity contribution in [1.82, 2.24) is 9.78 Å². The van der Waals surface area contributed by atoms with Crippen molar-refractivity contribution in [3.8, 4) is 11.1 Å². The SMILES string of the molecule is COCCn1cc(-c2ccc(CO)cc2)cn1. The molecule has 0 amide bonds. The first kappa shape index (κ1) is 11.8. The quantitative estimate of drug-likeness (QED) is 0.853. The average molecular weight is 232 g/mol. The van der Waals surface area contributed by atoms with Gasteiger partial charge in [-0.15, -0.1) is 0 Å². The summed E-state index contributed by atoms with van der Waals surface area (Å²) in [6.07, 6.45) is 3.83. The molecule has 2 rings (SSSR count). The molecule has 17 heavy (non-hydrogen) atoms. The predicted molar refractivity (Wildman–Crippen MR) is 65.5 cm³/mol. The summed E-state index contributed by atoms with van der Waals surface area (Å²) in [5, 5.41) is 13.2. The van der Waals surface area contributed by atoms with Crippen LogP contribution in [0.3, 0.4) is 0 Å². The summed E-state index contributed by atoms with van der Waals surface area (Å²) in [6.45, 7) is 1.49. The van der Waals surface area contributed by atoms with Crippen LogP contribution in [0.1, 0.15) is 5.56 Å². The predicted octanol–water partition coefficient (Wildman–Crippen LogP) is 1.69. The standard InChI is InChI=1S/C13H16N2O2/c1-17-7-6-15-9-13(8-14-15)12-4-2-11(10-16)3-5-12/h2-5,8-9,16H,6-7,10H2,1H3. The van der Waals surface area contributed by atoms with Crippen LogP contribution in [0, 0.1) is 0 Å². The Morgan fingerprint density at radius 1 is 1.24 bits per heavy atom. The van der Waals surface area contributed by atoms with Crippen LogP contribution in [-0.4, -0.2) is 28.6 Å². The second-order valence-electron chi connectivity index (χ2n) is 3.84. The molecule has 4 nitrogen and oxygen atoms in total. The topological polar surface area (TPSA) is 47.3 Å². The van der Waals surface area contributed by atoms with Gasteiger partial charge in [-0.3, -0.25) is 4.68 Å². The molecule has 0 spiro atoms. The number of ether oxygens (including phenoxy) is 1. The fraction of sp³-hybridized carbons (Fsp3) is 0.308. The molecule has 0 aliphatic carbocycles. The van der Waals surface area contributed by atoms with E-state index in [0.717, 1.165) is 23.2 Å². The highest BCUT2D eigenvalue weighted by molar-refractivity contribution is 5.61. The lowest BCUT2D eigenvalue weighted by atomic mass is 10.1. The van der Waals surface area contributed by atoms with Crippen LogP contribution >= 0.6 is 0 Å². The second kappa shape index (κ2) is 5.61. The maximum Gasteiger partial charge on any atom is 0.0681 e. The molecule has 4 heteroatoms. The lowest BCUT2D eigenvalue weighted by molar-refractivity contribution is 0.183. The van der Waals surface area contributed by atoms with E-state index in [2.05, 4.69) is 5.10 Å². The molecular formula is C13H16N2O2. The number of benzene rings is 1. The van der Waals surface area contributed by atoms with Gasteiger partial charge in [-0.1, -0.05) is 24.3 Å². The van der Waals surface area contributed by atoms with E-state index in [1.165, 1.54) is 0 Å². The summed E-state index contributed by atoms with van der Waals surface area (Å²) in [7, 11) is 1.68. The molecule has 1 N–H and O–H groups in total. The first-order valence-corrected chi connectivity index (χ1v) is 5.55. The van der Waals surface area contributed by atoms with Gasteiger partial charge in [0.25, 0.3) is 0 Å². The van der Waals surface area contributed by atoms with E-state index in [9.17, 15) is 0 Å². The molecule has 0 fully saturated rings. The summed E-state index contributed by atoms with van der Waals surface area (Å²) < 4.78 is 6.86. The van der Waals surface area contributed by atoms with Crippen LogP contribution < -0.4 is 0 Å². The normalized spacial score (nSPS) is 10.7. The van der Waals surface area contributed by atoms with Gasteiger partial charge in [0.2, 0.25) is 0 Å². The third-order valence-electron chi connectivity index (χ3n) is 2.63. The summed E-state index contributed by atoms with van der Waals surface area (Å²) in [5.74, 6) is 0. The number of aromatic nitrogens is 2. The van der Waals surface area contributed by atoms with Crippen molar-refractivity contribution < 1.29 is 9.84 Å². The molecule has 90 valence electrons. The van der Waals surface area contributed by atoms with E-state index in [4.69, 9.17) is 9.84 Å². The van der Waals surface area contributed by atoms with Crippen LogP contribution in [0.5, 0.6) is 0 Å². The maximum absolute atomic E-state index is 8.97. The van der Waals surface area contributed by atoms with E-state index >= 15 is 0 Å². The van der Waals surface area contributed by atoms with E-state index in [0.29, 0.717) is 6.61 Å². The third-order valence-corrected chi connectivity index (χ3v) is 2.63. The number of hydrogen-bond donors (Lipinski definition) is 1. The van der Waals surface area contributed by atoms with Crippen molar-refractivity contribution in [3.05, 3.63) is 42.2 Å².